The van der Waals surface area contributed by atoms with Crippen LogP contribution < -0.4 is 11.1 Å². The lowest BCUT2D eigenvalue weighted by Crippen LogP contribution is -2.45. The Labute approximate surface area is 359 Å². The molecule has 1 amide bonds. The number of phosphoric acid groups is 1. The summed E-state index contributed by atoms with van der Waals surface area (Å²) < 4.78 is 22.2. The summed E-state index contributed by atoms with van der Waals surface area (Å²) in [4.78, 5) is 22.8. The quantitative estimate of drug-likeness (QED) is 0.0273. The first-order valence-corrected chi connectivity index (χ1v) is 26.5. The molecule has 3 unspecified atom stereocenters. The molecule has 9 heteroatoms. The summed E-state index contributed by atoms with van der Waals surface area (Å²) in [6, 6.07) is -0.861. The number of hydrogen-bond donors (Lipinski definition) is 4. The van der Waals surface area contributed by atoms with Crippen LogP contribution in [0.2, 0.25) is 0 Å². The summed E-state index contributed by atoms with van der Waals surface area (Å²) in [5, 5.41) is 13.7. The Bertz CT molecular complexity index is 963. The second kappa shape index (κ2) is 45.5. The highest BCUT2D eigenvalue weighted by Crippen LogP contribution is 2.43. The van der Waals surface area contributed by atoms with E-state index in [-0.39, 0.29) is 25.7 Å². The summed E-state index contributed by atoms with van der Waals surface area (Å²) in [6.07, 6.45) is 53.8. The molecule has 0 bridgehead atoms. The first kappa shape index (κ1) is 57.0. The van der Waals surface area contributed by atoms with Crippen molar-refractivity contribution in [3.63, 3.8) is 0 Å². The van der Waals surface area contributed by atoms with Crippen molar-refractivity contribution in [2.75, 3.05) is 19.8 Å². The highest BCUT2D eigenvalue weighted by molar-refractivity contribution is 7.47. The second-order valence-corrected chi connectivity index (χ2v) is 18.5. The highest BCUT2D eigenvalue weighted by atomic mass is 31.2. The van der Waals surface area contributed by atoms with Gasteiger partial charge in [-0.2, -0.15) is 0 Å². The minimum Gasteiger partial charge on any atom is -0.387 e. The molecule has 0 aromatic heterocycles. The summed E-state index contributed by atoms with van der Waals surface area (Å²) in [7, 11) is -4.34. The van der Waals surface area contributed by atoms with Crippen molar-refractivity contribution in [2.45, 2.75) is 264 Å². The van der Waals surface area contributed by atoms with Crippen LogP contribution in [0.1, 0.15) is 251 Å². The summed E-state index contributed by atoms with van der Waals surface area (Å²) in [5.74, 6) is -0.196. The number of amides is 1. The van der Waals surface area contributed by atoms with Gasteiger partial charge in [-0.25, -0.2) is 4.57 Å². The molecule has 0 aromatic carbocycles. The number of nitrogens with one attached hydrogen (secondary N) is 1. The van der Waals surface area contributed by atoms with Gasteiger partial charge in [0.25, 0.3) is 0 Å². The van der Waals surface area contributed by atoms with Gasteiger partial charge in [-0.3, -0.25) is 13.8 Å². The van der Waals surface area contributed by atoms with Crippen LogP contribution in [0.4, 0.5) is 0 Å². The number of unbranched alkanes of at least 4 members (excludes halogenated alkanes) is 33. The lowest BCUT2D eigenvalue weighted by molar-refractivity contribution is -0.123. The Morgan fingerprint density at radius 3 is 1.28 bits per heavy atom. The zero-order valence-electron chi connectivity index (χ0n) is 38.3. The topological polar surface area (TPSA) is 131 Å². The molecule has 3 atom stereocenters. The number of hydrogen-bond acceptors (Lipinski definition) is 6. The van der Waals surface area contributed by atoms with E-state index < -0.39 is 20.0 Å². The van der Waals surface area contributed by atoms with Gasteiger partial charge in [-0.1, -0.05) is 224 Å². The molecule has 0 aliphatic rings. The summed E-state index contributed by atoms with van der Waals surface area (Å²) in [5.41, 5.74) is 5.39. The van der Waals surface area contributed by atoms with Crippen molar-refractivity contribution in [3.05, 3.63) is 24.3 Å². The van der Waals surface area contributed by atoms with E-state index in [1.165, 1.54) is 193 Å². The van der Waals surface area contributed by atoms with Gasteiger partial charge in [-0.15, -0.1) is 0 Å². The molecule has 0 aliphatic heterocycles. The number of rotatable bonds is 47. The molecule has 0 fully saturated rings. The minimum absolute atomic E-state index is 0.0790. The lowest BCUT2D eigenvalue weighted by Gasteiger charge is -2.23. The molecule has 0 saturated carbocycles. The van der Waals surface area contributed by atoms with Crippen LogP contribution in [0, 0.1) is 0 Å². The number of carbonyl (C=O) groups is 1. The van der Waals surface area contributed by atoms with Crippen LogP contribution in [0.5, 0.6) is 0 Å². The molecule has 0 aliphatic carbocycles. The first-order chi connectivity index (χ1) is 28.4. The fraction of sp³-hybridized carbons (Fsp3) is 0.898. The van der Waals surface area contributed by atoms with Crippen molar-refractivity contribution < 1.29 is 28.4 Å². The normalized spacial score (nSPS) is 14.1. The Balaban J connectivity index is 4.11. The van der Waals surface area contributed by atoms with Crippen molar-refractivity contribution >= 4 is 13.7 Å². The Morgan fingerprint density at radius 1 is 0.552 bits per heavy atom. The molecule has 344 valence electrons. The number of aliphatic hydroxyl groups is 1. The predicted molar refractivity (Wildman–Crippen MR) is 249 cm³/mol. The fourth-order valence-electron chi connectivity index (χ4n) is 7.48. The van der Waals surface area contributed by atoms with Crippen LogP contribution in [-0.2, 0) is 18.4 Å². The van der Waals surface area contributed by atoms with Crippen molar-refractivity contribution in [3.8, 4) is 0 Å². The molecule has 0 radical (unpaired) electrons. The third-order valence-corrected chi connectivity index (χ3v) is 12.3. The number of phosphoric ester groups is 1. The van der Waals surface area contributed by atoms with Crippen LogP contribution in [-0.4, -0.2) is 47.8 Å². The highest BCUT2D eigenvalue weighted by Gasteiger charge is 2.26. The first-order valence-electron chi connectivity index (χ1n) is 25.0. The molecule has 5 N–H and O–H groups in total. The zero-order valence-corrected chi connectivity index (χ0v) is 39.2. The molecule has 0 spiro atoms. The summed E-state index contributed by atoms with van der Waals surface area (Å²) >= 11 is 0. The number of allylic oxidation sites excluding steroid dienone is 3. The van der Waals surface area contributed by atoms with E-state index >= 15 is 0 Å². The molecule has 0 aromatic rings. The van der Waals surface area contributed by atoms with E-state index in [1.54, 1.807) is 6.08 Å². The zero-order chi connectivity index (χ0) is 42.5. The third-order valence-electron chi connectivity index (χ3n) is 11.3. The SMILES string of the molecule is CCCCCCCCC/C=C\CCCCCCCCCC(=O)NC(COP(=O)(O)OCCN)C(O)/C=C/CCCCCCCCCCCCCCCCCCCCC. The van der Waals surface area contributed by atoms with Crippen LogP contribution >= 0.6 is 7.82 Å². The maximum absolute atomic E-state index is 12.8. The van der Waals surface area contributed by atoms with Gasteiger partial charge < -0.3 is 21.1 Å². The van der Waals surface area contributed by atoms with Gasteiger partial charge in [0, 0.05) is 13.0 Å². The van der Waals surface area contributed by atoms with Gasteiger partial charge >= 0.3 is 7.82 Å². The van der Waals surface area contributed by atoms with Gasteiger partial charge in [0.1, 0.15) is 0 Å². The number of nitrogens with two attached hydrogens (primary N) is 1. The largest absolute Gasteiger partial charge is 0.472 e. The lowest BCUT2D eigenvalue weighted by atomic mass is 10.0. The van der Waals surface area contributed by atoms with E-state index in [0.717, 1.165) is 38.5 Å². The van der Waals surface area contributed by atoms with Crippen LogP contribution in [0.25, 0.3) is 0 Å². The van der Waals surface area contributed by atoms with E-state index in [0.29, 0.717) is 6.42 Å². The van der Waals surface area contributed by atoms with Crippen molar-refractivity contribution in [1.29, 1.82) is 0 Å². The van der Waals surface area contributed by atoms with Gasteiger partial charge in [0.15, 0.2) is 0 Å². The number of aliphatic hydroxyl groups excluding tert-OH is 1. The van der Waals surface area contributed by atoms with Gasteiger partial charge in [-0.05, 0) is 44.9 Å². The average Bonchev–Trinajstić information content (AvgIpc) is 3.21. The molecule has 58 heavy (non-hydrogen) atoms. The average molecular weight is 841 g/mol. The molecular weight excluding hydrogens is 744 g/mol. The Morgan fingerprint density at radius 2 is 0.897 bits per heavy atom. The minimum atomic E-state index is -4.34. The second-order valence-electron chi connectivity index (χ2n) is 17.0. The standard InChI is InChI=1S/C49H97N2O6P/c1-3-5-7-9-11-13-15-17-19-21-23-24-25-26-28-30-32-34-36-38-40-42-48(52)47(46-57-58(54,55)56-45-44-50)51-49(53)43-41-39-37-35-33-31-29-27-22-20-18-16-14-12-10-8-6-4-2/h20,22,40,42,47-48,52H,3-19,21,23-39,41,43-46,50H2,1-2H3,(H,51,53)(H,54,55)/b22-20-,42-40+. The molecule has 0 heterocycles. The van der Waals surface area contributed by atoms with E-state index in [2.05, 4.69) is 31.3 Å². The fourth-order valence-corrected chi connectivity index (χ4v) is 8.24. The van der Waals surface area contributed by atoms with Crippen molar-refractivity contribution in [1.82, 2.24) is 5.32 Å². The molecule has 0 rings (SSSR count). The van der Waals surface area contributed by atoms with Gasteiger partial charge in [0.05, 0.1) is 25.4 Å². The monoisotopic (exact) mass is 841 g/mol. The Hall–Kier alpha value is -1.02. The molecule has 8 nitrogen and oxygen atoms in total. The summed E-state index contributed by atoms with van der Waals surface area (Å²) in [6.45, 7) is 4.16. The van der Waals surface area contributed by atoms with Crippen LogP contribution in [0.3, 0.4) is 0 Å². The molecule has 0 saturated heterocycles. The van der Waals surface area contributed by atoms with E-state index in [9.17, 15) is 19.4 Å². The maximum Gasteiger partial charge on any atom is 0.472 e. The Kier molecular flexibility index (Phi) is 44.7. The maximum atomic E-state index is 12.8. The van der Waals surface area contributed by atoms with Gasteiger partial charge in [0.2, 0.25) is 5.91 Å². The third kappa shape index (κ3) is 43.1. The van der Waals surface area contributed by atoms with E-state index in [4.69, 9.17) is 14.8 Å². The number of carbonyl (C=O) groups excluding carboxylic acids is 1. The van der Waals surface area contributed by atoms with E-state index in [1.807, 2.05) is 6.08 Å². The van der Waals surface area contributed by atoms with Crippen molar-refractivity contribution in [2.24, 2.45) is 5.73 Å². The van der Waals surface area contributed by atoms with Crippen LogP contribution in [0.15, 0.2) is 24.3 Å². The molecular formula is C49H97N2O6P. The smallest absolute Gasteiger partial charge is 0.387 e. The predicted octanol–water partition coefficient (Wildman–Crippen LogP) is 14.5.